The summed E-state index contributed by atoms with van der Waals surface area (Å²) in [6.45, 7) is 7.71. The summed E-state index contributed by atoms with van der Waals surface area (Å²) < 4.78 is 1.97. The molecule has 2 atom stereocenters. The maximum atomic E-state index is 12.0. The molecule has 166 valence electrons. The summed E-state index contributed by atoms with van der Waals surface area (Å²) in [6.07, 6.45) is 5.05. The highest BCUT2D eigenvalue weighted by molar-refractivity contribution is 7.15. The molecule has 4 aromatic rings. The number of hydrogen-bond acceptors (Lipinski definition) is 7. The summed E-state index contributed by atoms with van der Waals surface area (Å²) >= 11 is 1.65. The molecule has 9 heteroatoms. The number of aromatic nitrogens is 5. The van der Waals surface area contributed by atoms with Crippen LogP contribution in [-0.2, 0) is 4.79 Å². The molecule has 0 bridgehead atoms. The molecule has 3 aromatic heterocycles. The Hall–Kier alpha value is -3.72. The van der Waals surface area contributed by atoms with E-state index in [0.29, 0.717) is 11.6 Å². The van der Waals surface area contributed by atoms with E-state index in [1.54, 1.807) is 30.7 Å². The summed E-state index contributed by atoms with van der Waals surface area (Å²) in [6, 6.07) is 7.38. The van der Waals surface area contributed by atoms with Crippen LogP contribution in [0.3, 0.4) is 0 Å². The van der Waals surface area contributed by atoms with Crippen LogP contribution in [0.5, 0.6) is 0 Å². The molecule has 33 heavy (non-hydrogen) atoms. The fourth-order valence-electron chi connectivity index (χ4n) is 4.09. The summed E-state index contributed by atoms with van der Waals surface area (Å²) in [7, 11) is 0. The summed E-state index contributed by atoms with van der Waals surface area (Å²) in [5, 5.41) is 19.4. The van der Waals surface area contributed by atoms with E-state index in [1.165, 1.54) is 11.2 Å². The third-order valence-electron chi connectivity index (χ3n) is 6.10. The highest BCUT2D eigenvalue weighted by Gasteiger charge is 2.36. The molecular weight excluding hydrogens is 436 g/mol. The molecule has 0 fully saturated rings. The molecule has 0 saturated carbocycles. The largest absolute Gasteiger partial charge is 0.481 e. The Bertz CT molecular complexity index is 1390. The van der Waals surface area contributed by atoms with Gasteiger partial charge in [0.1, 0.15) is 23.2 Å². The van der Waals surface area contributed by atoms with Crippen LogP contribution < -0.4 is 0 Å². The number of benzene rings is 1. The van der Waals surface area contributed by atoms with Crippen LogP contribution >= 0.6 is 11.3 Å². The van der Waals surface area contributed by atoms with Crippen molar-refractivity contribution in [3.05, 3.63) is 76.2 Å². The van der Waals surface area contributed by atoms with Gasteiger partial charge in [-0.25, -0.2) is 9.97 Å². The molecular formula is C24H22N6O2S. The van der Waals surface area contributed by atoms with Crippen molar-refractivity contribution in [3.8, 4) is 16.1 Å². The topological polar surface area (TPSA) is 106 Å². The van der Waals surface area contributed by atoms with Gasteiger partial charge >= 0.3 is 5.97 Å². The second-order valence-corrected chi connectivity index (χ2v) is 9.36. The smallest absolute Gasteiger partial charge is 0.308 e. The van der Waals surface area contributed by atoms with Gasteiger partial charge in [0.2, 0.25) is 0 Å². The van der Waals surface area contributed by atoms with E-state index < -0.39 is 17.9 Å². The monoisotopic (exact) mass is 458 g/mol. The van der Waals surface area contributed by atoms with Crippen molar-refractivity contribution >= 4 is 23.0 Å². The van der Waals surface area contributed by atoms with Crippen molar-refractivity contribution in [3.63, 3.8) is 0 Å². The number of carboxylic acids is 1. The first-order chi connectivity index (χ1) is 15.9. The SMILES string of the molecule is Cc1sc2c(c1C)C(c1ccc(-c3cncnc3)cc1)=N[C@@H](C(C)C(=O)O)c1nnc(C)n1-2. The maximum absolute atomic E-state index is 12.0. The van der Waals surface area contributed by atoms with Gasteiger partial charge in [-0.2, -0.15) is 0 Å². The average molecular weight is 459 g/mol. The Morgan fingerprint density at radius 1 is 1.03 bits per heavy atom. The predicted molar refractivity (Wildman–Crippen MR) is 126 cm³/mol. The molecule has 0 saturated heterocycles. The fraction of sp³-hybridized carbons (Fsp3) is 0.250. The van der Waals surface area contributed by atoms with Crippen molar-refractivity contribution in [1.29, 1.82) is 0 Å². The van der Waals surface area contributed by atoms with Crippen molar-refractivity contribution in [2.24, 2.45) is 10.9 Å². The number of aryl methyl sites for hydroxylation is 2. The molecule has 1 N–H and O–H groups in total. The van der Waals surface area contributed by atoms with Gasteiger partial charge < -0.3 is 5.11 Å². The zero-order valence-corrected chi connectivity index (χ0v) is 19.5. The Labute approximate surface area is 194 Å². The number of hydrogen-bond donors (Lipinski definition) is 1. The first-order valence-electron chi connectivity index (χ1n) is 10.6. The van der Waals surface area contributed by atoms with Gasteiger partial charge in [0.15, 0.2) is 5.82 Å². The van der Waals surface area contributed by atoms with Crippen LogP contribution in [0, 0.1) is 26.7 Å². The molecule has 4 heterocycles. The maximum Gasteiger partial charge on any atom is 0.308 e. The summed E-state index contributed by atoms with van der Waals surface area (Å²) in [5.74, 6) is -0.421. The molecule has 1 aliphatic rings. The van der Waals surface area contributed by atoms with E-state index in [0.717, 1.165) is 38.5 Å². The third kappa shape index (κ3) is 3.45. The third-order valence-corrected chi connectivity index (χ3v) is 7.30. The van der Waals surface area contributed by atoms with Crippen LogP contribution in [0.4, 0.5) is 0 Å². The average Bonchev–Trinajstić information content (AvgIpc) is 3.29. The molecule has 1 aromatic carbocycles. The van der Waals surface area contributed by atoms with Crippen LogP contribution in [-0.4, -0.2) is 41.5 Å². The van der Waals surface area contributed by atoms with Gasteiger partial charge in [-0.05, 0) is 38.8 Å². The van der Waals surface area contributed by atoms with Crippen LogP contribution in [0.2, 0.25) is 0 Å². The number of aliphatic imine (C=N–C) groups is 1. The standard InChI is InChI=1S/C24H22N6O2S/c1-12-14(3)33-23-19(12)21(17-7-5-16(6-8-17)18-9-25-11-26-10-18)27-20(13(2)24(31)32)22-29-28-15(4)30(22)23/h5-11,13,20H,1-4H3,(H,31,32)/t13?,20-/m0/s1. The van der Waals surface area contributed by atoms with Crippen molar-refractivity contribution in [1.82, 2.24) is 24.7 Å². The van der Waals surface area contributed by atoms with E-state index in [-0.39, 0.29) is 0 Å². The van der Waals surface area contributed by atoms with E-state index in [2.05, 4.69) is 34.0 Å². The van der Waals surface area contributed by atoms with Crippen molar-refractivity contribution in [2.75, 3.05) is 0 Å². The van der Waals surface area contributed by atoms with Gasteiger partial charge in [-0.15, -0.1) is 21.5 Å². The predicted octanol–water partition coefficient (Wildman–Crippen LogP) is 4.32. The number of carboxylic acid groups (broad SMARTS) is 1. The normalized spacial score (nSPS) is 15.9. The lowest BCUT2D eigenvalue weighted by Gasteiger charge is -2.16. The van der Waals surface area contributed by atoms with E-state index >= 15 is 0 Å². The first kappa shape index (κ1) is 21.1. The van der Waals surface area contributed by atoms with Gasteiger partial charge in [0.05, 0.1) is 11.6 Å². The number of thiophene rings is 1. The molecule has 0 aliphatic carbocycles. The summed E-state index contributed by atoms with van der Waals surface area (Å²) in [4.78, 5) is 26.4. The Balaban J connectivity index is 1.73. The number of aliphatic carboxylic acids is 1. The highest BCUT2D eigenvalue weighted by Crippen LogP contribution is 2.40. The van der Waals surface area contributed by atoms with Crippen LogP contribution in [0.1, 0.15) is 46.2 Å². The van der Waals surface area contributed by atoms with E-state index in [4.69, 9.17) is 4.99 Å². The van der Waals surface area contributed by atoms with E-state index in [9.17, 15) is 9.90 Å². The van der Waals surface area contributed by atoms with Gasteiger partial charge in [0.25, 0.3) is 0 Å². The second-order valence-electron chi connectivity index (χ2n) is 8.16. The number of carbonyl (C=O) groups is 1. The molecule has 1 unspecified atom stereocenters. The Morgan fingerprint density at radius 3 is 2.36 bits per heavy atom. The van der Waals surface area contributed by atoms with E-state index in [1.807, 2.05) is 35.8 Å². The molecule has 1 aliphatic heterocycles. The highest BCUT2D eigenvalue weighted by atomic mass is 32.1. The number of nitrogens with zero attached hydrogens (tertiary/aromatic N) is 6. The summed E-state index contributed by atoms with van der Waals surface area (Å²) in [5.41, 5.74) is 5.72. The molecule has 0 amide bonds. The Kier molecular flexibility index (Phi) is 5.13. The van der Waals surface area contributed by atoms with Gasteiger partial charge in [-0.1, -0.05) is 24.3 Å². The minimum Gasteiger partial charge on any atom is -0.481 e. The van der Waals surface area contributed by atoms with Crippen LogP contribution in [0.25, 0.3) is 16.1 Å². The molecule has 5 rings (SSSR count). The van der Waals surface area contributed by atoms with Crippen molar-refractivity contribution in [2.45, 2.75) is 33.7 Å². The fourth-order valence-corrected chi connectivity index (χ4v) is 5.30. The van der Waals surface area contributed by atoms with Gasteiger partial charge in [-0.3, -0.25) is 14.4 Å². The lowest BCUT2D eigenvalue weighted by Crippen LogP contribution is -2.21. The van der Waals surface area contributed by atoms with Crippen molar-refractivity contribution < 1.29 is 9.90 Å². The lowest BCUT2D eigenvalue weighted by atomic mass is 9.97. The minimum atomic E-state index is -0.923. The van der Waals surface area contributed by atoms with Crippen LogP contribution in [0.15, 0.2) is 48.0 Å². The quantitative estimate of drug-likeness (QED) is 0.488. The lowest BCUT2D eigenvalue weighted by molar-refractivity contribution is -0.141. The number of fused-ring (bicyclic) bond motifs is 3. The van der Waals surface area contributed by atoms with Gasteiger partial charge in [0, 0.05) is 34.0 Å². The Morgan fingerprint density at radius 2 is 1.70 bits per heavy atom. The first-order valence-corrected chi connectivity index (χ1v) is 11.4. The number of rotatable bonds is 4. The zero-order valence-electron chi connectivity index (χ0n) is 18.6. The molecule has 8 nitrogen and oxygen atoms in total. The molecule has 0 spiro atoms. The minimum absolute atomic E-state index is 0.554. The molecule has 0 radical (unpaired) electrons. The second kappa shape index (κ2) is 8.00. The zero-order chi connectivity index (χ0) is 23.3.